The first kappa shape index (κ1) is 27.4. The number of fused-ring (bicyclic) bond motifs is 1. The van der Waals surface area contributed by atoms with Gasteiger partial charge in [-0.1, -0.05) is 30.3 Å². The summed E-state index contributed by atoms with van der Waals surface area (Å²) in [6.07, 6.45) is 2.32. The van der Waals surface area contributed by atoms with Crippen LogP contribution in [0.15, 0.2) is 60.7 Å². The van der Waals surface area contributed by atoms with Crippen LogP contribution in [0.4, 0.5) is 0 Å². The van der Waals surface area contributed by atoms with Crippen LogP contribution in [0, 0.1) is 0 Å². The molecule has 0 aliphatic carbocycles. The Morgan fingerprint density at radius 3 is 2.47 bits per heavy atom. The Balaban J connectivity index is 1.44. The van der Waals surface area contributed by atoms with Gasteiger partial charge in [0.05, 0.1) is 20.3 Å². The van der Waals surface area contributed by atoms with Crippen molar-refractivity contribution in [1.82, 2.24) is 20.9 Å². The maximum atomic E-state index is 13.6. The second-order valence-electron chi connectivity index (χ2n) is 9.70. The summed E-state index contributed by atoms with van der Waals surface area (Å²) in [5.74, 6) is 1.35. The average Bonchev–Trinajstić information content (AvgIpc) is 3.09. The van der Waals surface area contributed by atoms with E-state index in [0.29, 0.717) is 43.1 Å². The van der Waals surface area contributed by atoms with Crippen molar-refractivity contribution in [2.45, 2.75) is 37.9 Å². The number of benzene rings is 3. The second-order valence-corrected chi connectivity index (χ2v) is 9.70. The maximum Gasteiger partial charge on any atom is 0.251 e. The van der Waals surface area contributed by atoms with Crippen molar-refractivity contribution >= 4 is 22.6 Å². The predicted molar refractivity (Wildman–Crippen MR) is 150 cm³/mol. The zero-order valence-electron chi connectivity index (χ0n) is 22.5. The summed E-state index contributed by atoms with van der Waals surface area (Å²) >= 11 is 0. The molecular weight excluding hydrogens is 480 g/mol. The minimum absolute atomic E-state index is 0.0206. The molecule has 2 unspecified atom stereocenters. The van der Waals surface area contributed by atoms with Gasteiger partial charge in [-0.05, 0) is 73.5 Å². The maximum absolute atomic E-state index is 13.6. The first-order chi connectivity index (χ1) is 18.5. The molecule has 3 N–H and O–H groups in total. The van der Waals surface area contributed by atoms with Crippen LogP contribution in [0.5, 0.6) is 11.5 Å². The van der Waals surface area contributed by atoms with Gasteiger partial charge >= 0.3 is 0 Å². The zero-order chi connectivity index (χ0) is 26.9. The van der Waals surface area contributed by atoms with Crippen molar-refractivity contribution in [3.05, 3.63) is 71.8 Å². The van der Waals surface area contributed by atoms with Crippen molar-refractivity contribution in [3.8, 4) is 11.5 Å². The summed E-state index contributed by atoms with van der Waals surface area (Å²) in [4.78, 5) is 28.4. The number of rotatable bonds is 11. The smallest absolute Gasteiger partial charge is 0.251 e. The largest absolute Gasteiger partial charge is 0.497 e. The van der Waals surface area contributed by atoms with E-state index in [2.05, 4.69) is 16.0 Å². The SMILES string of the molecule is CNCCCC1NC(CNC(=O)c2ccc3ccccc3c2)CCN(Cc2cc(OC)cc(OC)c2)C1=O. The van der Waals surface area contributed by atoms with Gasteiger partial charge in [-0.25, -0.2) is 0 Å². The van der Waals surface area contributed by atoms with E-state index in [4.69, 9.17) is 9.47 Å². The fourth-order valence-corrected chi connectivity index (χ4v) is 4.92. The van der Waals surface area contributed by atoms with Gasteiger partial charge in [0, 0.05) is 37.3 Å². The molecule has 8 nitrogen and oxygen atoms in total. The van der Waals surface area contributed by atoms with Crippen LogP contribution in [0.2, 0.25) is 0 Å². The summed E-state index contributed by atoms with van der Waals surface area (Å²) in [6, 6.07) is 19.1. The van der Waals surface area contributed by atoms with E-state index >= 15 is 0 Å². The van der Waals surface area contributed by atoms with Gasteiger partial charge in [0.2, 0.25) is 5.91 Å². The molecule has 0 aromatic heterocycles. The van der Waals surface area contributed by atoms with E-state index in [9.17, 15) is 9.59 Å². The highest BCUT2D eigenvalue weighted by Gasteiger charge is 2.31. The van der Waals surface area contributed by atoms with Crippen LogP contribution in [0.25, 0.3) is 10.8 Å². The lowest BCUT2D eigenvalue weighted by molar-refractivity contribution is -0.133. The molecule has 2 atom stereocenters. The average molecular weight is 519 g/mol. The van der Waals surface area contributed by atoms with E-state index in [1.807, 2.05) is 72.6 Å². The van der Waals surface area contributed by atoms with Crippen LogP contribution in [0.3, 0.4) is 0 Å². The molecule has 1 fully saturated rings. The topological polar surface area (TPSA) is 91.9 Å². The van der Waals surface area contributed by atoms with Crippen LogP contribution in [-0.4, -0.2) is 69.7 Å². The first-order valence-corrected chi connectivity index (χ1v) is 13.2. The Labute approximate surface area is 224 Å². The van der Waals surface area contributed by atoms with Gasteiger partial charge in [0.25, 0.3) is 5.91 Å². The monoisotopic (exact) mass is 518 g/mol. The van der Waals surface area contributed by atoms with Gasteiger partial charge in [-0.15, -0.1) is 0 Å². The molecule has 8 heteroatoms. The van der Waals surface area contributed by atoms with E-state index < -0.39 is 0 Å². The van der Waals surface area contributed by atoms with Gasteiger partial charge in [0.15, 0.2) is 0 Å². The number of carbonyl (C=O) groups excluding carboxylic acids is 2. The first-order valence-electron chi connectivity index (χ1n) is 13.2. The number of ether oxygens (including phenoxy) is 2. The number of nitrogens with one attached hydrogen (secondary N) is 3. The molecule has 1 heterocycles. The Bertz CT molecular complexity index is 1230. The third-order valence-electron chi connectivity index (χ3n) is 7.02. The Kier molecular flexibility index (Phi) is 9.56. The molecule has 38 heavy (non-hydrogen) atoms. The molecular formula is C30H38N4O4. The Morgan fingerprint density at radius 1 is 1.03 bits per heavy atom. The lowest BCUT2D eigenvalue weighted by Gasteiger charge is -2.25. The number of carbonyl (C=O) groups is 2. The highest BCUT2D eigenvalue weighted by Crippen LogP contribution is 2.24. The molecule has 4 rings (SSSR count). The van der Waals surface area contributed by atoms with Crippen molar-refractivity contribution in [2.24, 2.45) is 0 Å². The number of hydrogen-bond acceptors (Lipinski definition) is 6. The standard InChI is InChI=1S/C30H38N4O4/c1-31-13-6-9-28-30(36)34(20-21-15-26(37-2)18-27(16-21)38-3)14-12-25(33-28)19-32-29(35)24-11-10-22-7-4-5-8-23(22)17-24/h4-5,7-8,10-11,15-18,25,28,31,33H,6,9,12-14,19-20H2,1-3H3,(H,32,35). The summed E-state index contributed by atoms with van der Waals surface area (Å²) < 4.78 is 10.8. The summed E-state index contributed by atoms with van der Waals surface area (Å²) in [7, 11) is 5.15. The van der Waals surface area contributed by atoms with E-state index in [1.165, 1.54) is 0 Å². The number of hydrogen-bond donors (Lipinski definition) is 3. The Hall–Kier alpha value is -3.62. The predicted octanol–water partition coefficient (Wildman–Crippen LogP) is 3.35. The molecule has 202 valence electrons. The van der Waals surface area contributed by atoms with Crippen LogP contribution >= 0.6 is 0 Å². The van der Waals surface area contributed by atoms with Gasteiger partial charge in [0.1, 0.15) is 11.5 Å². The van der Waals surface area contributed by atoms with Crippen molar-refractivity contribution in [1.29, 1.82) is 0 Å². The van der Waals surface area contributed by atoms with Gasteiger partial charge in [-0.2, -0.15) is 0 Å². The molecule has 1 aliphatic rings. The normalized spacial score (nSPS) is 17.8. The fraction of sp³-hybridized carbons (Fsp3) is 0.400. The third kappa shape index (κ3) is 7.02. The molecule has 3 aromatic rings. The molecule has 2 amide bonds. The quantitative estimate of drug-likeness (QED) is 0.337. The summed E-state index contributed by atoms with van der Waals surface area (Å²) in [5.41, 5.74) is 1.58. The molecule has 0 saturated carbocycles. The highest BCUT2D eigenvalue weighted by atomic mass is 16.5. The van der Waals surface area contributed by atoms with Crippen LogP contribution in [0.1, 0.15) is 35.2 Å². The van der Waals surface area contributed by atoms with Gasteiger partial charge in [-0.3, -0.25) is 9.59 Å². The number of methoxy groups -OCH3 is 2. The molecule has 1 saturated heterocycles. The van der Waals surface area contributed by atoms with Crippen molar-refractivity contribution in [3.63, 3.8) is 0 Å². The van der Waals surface area contributed by atoms with Crippen molar-refractivity contribution in [2.75, 3.05) is 40.9 Å². The Morgan fingerprint density at radius 2 is 1.76 bits per heavy atom. The van der Waals surface area contributed by atoms with E-state index in [-0.39, 0.29) is 23.9 Å². The lowest BCUT2D eigenvalue weighted by Crippen LogP contribution is -2.48. The fourth-order valence-electron chi connectivity index (χ4n) is 4.92. The molecule has 0 bridgehead atoms. The molecule has 1 aliphatic heterocycles. The summed E-state index contributed by atoms with van der Waals surface area (Å²) in [5, 5.41) is 11.9. The minimum Gasteiger partial charge on any atom is -0.497 e. The summed E-state index contributed by atoms with van der Waals surface area (Å²) in [6.45, 7) is 2.33. The van der Waals surface area contributed by atoms with Gasteiger partial charge < -0.3 is 30.3 Å². The highest BCUT2D eigenvalue weighted by molar-refractivity contribution is 5.98. The minimum atomic E-state index is -0.319. The van der Waals surface area contributed by atoms with Crippen LogP contribution < -0.4 is 25.4 Å². The van der Waals surface area contributed by atoms with E-state index in [1.54, 1.807) is 14.2 Å². The van der Waals surface area contributed by atoms with Crippen LogP contribution in [-0.2, 0) is 11.3 Å². The lowest BCUT2D eigenvalue weighted by atomic mass is 10.1. The molecule has 0 radical (unpaired) electrons. The second kappa shape index (κ2) is 13.3. The number of nitrogens with zero attached hydrogens (tertiary/aromatic N) is 1. The zero-order valence-corrected chi connectivity index (χ0v) is 22.5. The molecule has 0 spiro atoms. The third-order valence-corrected chi connectivity index (χ3v) is 7.02. The van der Waals surface area contributed by atoms with Crippen molar-refractivity contribution < 1.29 is 19.1 Å². The number of amides is 2. The van der Waals surface area contributed by atoms with E-state index in [0.717, 1.165) is 35.7 Å². The molecule has 3 aromatic carbocycles.